The number of benzene rings is 2. The van der Waals surface area contributed by atoms with Gasteiger partial charge in [0, 0.05) is 6.04 Å². The number of ether oxygens (including phenoxy) is 3. The molecule has 1 amide bonds. The number of esters is 1. The van der Waals surface area contributed by atoms with Gasteiger partial charge in [0.25, 0.3) is 5.91 Å². The maximum Gasteiger partial charge on any atom is 0.343 e. The number of carboxylic acids is 1. The van der Waals surface area contributed by atoms with Gasteiger partial charge in [-0.05, 0) is 61.2 Å². The third-order valence-electron chi connectivity index (χ3n) is 5.90. The van der Waals surface area contributed by atoms with Gasteiger partial charge in [0.15, 0.2) is 12.3 Å². The second-order valence-electron chi connectivity index (χ2n) is 9.24. The van der Waals surface area contributed by atoms with Gasteiger partial charge in [0.05, 0.1) is 37.6 Å². The number of nitrogens with one attached hydrogen (secondary N) is 1. The summed E-state index contributed by atoms with van der Waals surface area (Å²) in [6.45, 7) is 3.66. The van der Waals surface area contributed by atoms with Gasteiger partial charge in [-0.15, -0.1) is 0 Å². The molecule has 0 spiro atoms. The standard InChI is InChI=1S/C28H32FN3O7/c1-17(2)8-11-19(14-25(33)34)30-28(36)21-15-22(32(31-21)20-12-9-18(29)10-13-20)27-23(37-3)6-5-7-24(27)39-16-26(35)38-4/h5-7,9-10,12-13,15,17,19H,8,11,14,16H2,1-4H3,(H,30,36)(H,33,34)/t19-/m0/s1. The van der Waals surface area contributed by atoms with Crippen LogP contribution >= 0.6 is 0 Å². The van der Waals surface area contributed by atoms with Crippen LogP contribution in [0.15, 0.2) is 48.5 Å². The average Bonchev–Trinajstić information content (AvgIpc) is 3.35. The van der Waals surface area contributed by atoms with Crippen LogP contribution in [0.25, 0.3) is 16.9 Å². The van der Waals surface area contributed by atoms with Crippen molar-refractivity contribution in [3.8, 4) is 28.4 Å². The zero-order valence-electron chi connectivity index (χ0n) is 22.3. The van der Waals surface area contributed by atoms with Crippen molar-refractivity contribution in [2.75, 3.05) is 20.8 Å². The monoisotopic (exact) mass is 541 g/mol. The Morgan fingerprint density at radius 1 is 1.05 bits per heavy atom. The van der Waals surface area contributed by atoms with E-state index in [2.05, 4.69) is 15.2 Å². The number of aliphatic carboxylic acids is 1. The van der Waals surface area contributed by atoms with E-state index in [-0.39, 0.29) is 24.5 Å². The minimum Gasteiger partial charge on any atom is -0.496 e. The molecule has 3 rings (SSSR count). The minimum atomic E-state index is -1.02. The number of aromatic nitrogens is 2. The van der Waals surface area contributed by atoms with Crippen molar-refractivity contribution in [2.24, 2.45) is 5.92 Å². The van der Waals surface area contributed by atoms with Crippen molar-refractivity contribution < 1.29 is 38.1 Å². The highest BCUT2D eigenvalue weighted by Crippen LogP contribution is 2.39. The van der Waals surface area contributed by atoms with E-state index >= 15 is 0 Å². The first-order valence-corrected chi connectivity index (χ1v) is 12.4. The smallest absolute Gasteiger partial charge is 0.343 e. The van der Waals surface area contributed by atoms with Gasteiger partial charge >= 0.3 is 11.9 Å². The molecular formula is C28H32FN3O7. The Labute approximate surface area is 225 Å². The summed E-state index contributed by atoms with van der Waals surface area (Å²) in [5.74, 6) is -1.68. The lowest BCUT2D eigenvalue weighted by molar-refractivity contribution is -0.143. The number of halogens is 1. The predicted molar refractivity (Wildman–Crippen MR) is 141 cm³/mol. The summed E-state index contributed by atoms with van der Waals surface area (Å²) < 4.78 is 31.1. The first-order valence-electron chi connectivity index (χ1n) is 12.4. The summed E-state index contributed by atoms with van der Waals surface area (Å²) in [5, 5.41) is 16.6. The Kier molecular flexibility index (Phi) is 10.0. The van der Waals surface area contributed by atoms with E-state index in [0.717, 1.165) is 6.42 Å². The Hall–Kier alpha value is -4.41. The lowest BCUT2D eigenvalue weighted by Crippen LogP contribution is -2.37. The van der Waals surface area contributed by atoms with Crippen LogP contribution in [0, 0.1) is 11.7 Å². The van der Waals surface area contributed by atoms with Crippen LogP contribution in [0.2, 0.25) is 0 Å². The summed E-state index contributed by atoms with van der Waals surface area (Å²) in [6.07, 6.45) is 0.983. The zero-order valence-corrected chi connectivity index (χ0v) is 22.3. The summed E-state index contributed by atoms with van der Waals surface area (Å²) in [4.78, 5) is 36.4. The molecule has 0 aliphatic carbocycles. The molecule has 1 heterocycles. The Bertz CT molecular complexity index is 1300. The van der Waals surface area contributed by atoms with Crippen LogP contribution < -0.4 is 14.8 Å². The molecule has 0 aliphatic rings. The summed E-state index contributed by atoms with van der Waals surface area (Å²) >= 11 is 0. The summed E-state index contributed by atoms with van der Waals surface area (Å²) in [7, 11) is 2.70. The third-order valence-corrected chi connectivity index (χ3v) is 5.90. The normalized spacial score (nSPS) is 11.6. The molecule has 2 N–H and O–H groups in total. The van der Waals surface area contributed by atoms with E-state index in [4.69, 9.17) is 9.47 Å². The van der Waals surface area contributed by atoms with Gasteiger partial charge in [-0.2, -0.15) is 5.10 Å². The molecule has 0 saturated heterocycles. The largest absolute Gasteiger partial charge is 0.496 e. The minimum absolute atomic E-state index is 0.000847. The molecule has 3 aromatic rings. The highest BCUT2D eigenvalue weighted by molar-refractivity contribution is 5.94. The molecule has 11 heteroatoms. The maximum absolute atomic E-state index is 13.7. The molecule has 2 aromatic carbocycles. The first-order chi connectivity index (χ1) is 18.6. The molecule has 0 bridgehead atoms. The second-order valence-corrected chi connectivity index (χ2v) is 9.24. The molecule has 208 valence electrons. The molecule has 10 nitrogen and oxygen atoms in total. The molecule has 1 atom stereocenters. The van der Waals surface area contributed by atoms with E-state index in [9.17, 15) is 23.9 Å². The average molecular weight is 542 g/mol. The molecule has 0 radical (unpaired) electrons. The number of hydrogen-bond acceptors (Lipinski definition) is 7. The van der Waals surface area contributed by atoms with E-state index in [1.807, 2.05) is 13.8 Å². The van der Waals surface area contributed by atoms with E-state index in [0.29, 0.717) is 35.0 Å². The van der Waals surface area contributed by atoms with Gasteiger partial charge in [-0.3, -0.25) is 9.59 Å². The van der Waals surface area contributed by atoms with E-state index < -0.39 is 29.7 Å². The van der Waals surface area contributed by atoms with Gasteiger partial charge in [0.1, 0.15) is 17.3 Å². The fourth-order valence-electron chi connectivity index (χ4n) is 3.93. The SMILES string of the molecule is COC(=O)COc1cccc(OC)c1-c1cc(C(=O)N[C@@H](CCC(C)C)CC(=O)O)nn1-c1ccc(F)cc1. The number of carbonyl (C=O) groups excluding carboxylic acids is 2. The number of amides is 1. The molecule has 0 saturated carbocycles. The lowest BCUT2D eigenvalue weighted by Gasteiger charge is -2.17. The van der Waals surface area contributed by atoms with Crippen molar-refractivity contribution in [3.05, 3.63) is 60.0 Å². The fraction of sp³-hybridized carbons (Fsp3) is 0.357. The zero-order chi connectivity index (χ0) is 28.5. The van der Waals surface area contributed by atoms with Crippen molar-refractivity contribution >= 4 is 17.8 Å². The van der Waals surface area contributed by atoms with Gasteiger partial charge in [-0.25, -0.2) is 13.9 Å². The number of rotatable bonds is 13. The van der Waals surface area contributed by atoms with E-state index in [1.54, 1.807) is 18.2 Å². The maximum atomic E-state index is 13.7. The second kappa shape index (κ2) is 13.4. The Morgan fingerprint density at radius 2 is 1.74 bits per heavy atom. The molecule has 0 aliphatic heterocycles. The van der Waals surface area contributed by atoms with Gasteiger partial charge in [0.2, 0.25) is 0 Å². The van der Waals surface area contributed by atoms with Crippen LogP contribution in [0.1, 0.15) is 43.6 Å². The highest BCUT2D eigenvalue weighted by Gasteiger charge is 2.25. The van der Waals surface area contributed by atoms with Crippen molar-refractivity contribution in [3.63, 3.8) is 0 Å². The number of carbonyl (C=O) groups is 3. The van der Waals surface area contributed by atoms with Crippen molar-refractivity contribution in [1.82, 2.24) is 15.1 Å². The molecule has 0 fully saturated rings. The lowest BCUT2D eigenvalue weighted by atomic mass is 10.0. The topological polar surface area (TPSA) is 129 Å². The molecular weight excluding hydrogens is 509 g/mol. The van der Waals surface area contributed by atoms with Crippen molar-refractivity contribution in [1.29, 1.82) is 0 Å². The quantitative estimate of drug-likeness (QED) is 0.307. The number of methoxy groups -OCH3 is 2. The number of hydrogen-bond donors (Lipinski definition) is 2. The van der Waals surface area contributed by atoms with E-state index in [1.165, 1.54) is 49.2 Å². The number of nitrogens with zero attached hydrogens (tertiary/aromatic N) is 2. The molecule has 0 unspecified atom stereocenters. The first kappa shape index (κ1) is 29.2. The molecule has 39 heavy (non-hydrogen) atoms. The fourth-order valence-corrected chi connectivity index (χ4v) is 3.93. The van der Waals surface area contributed by atoms with Crippen LogP contribution in [0.3, 0.4) is 0 Å². The van der Waals surface area contributed by atoms with Crippen LogP contribution in [0.4, 0.5) is 4.39 Å². The Morgan fingerprint density at radius 3 is 2.36 bits per heavy atom. The van der Waals surface area contributed by atoms with Crippen LogP contribution in [0.5, 0.6) is 11.5 Å². The summed E-state index contributed by atoms with van der Waals surface area (Å²) in [5.41, 5.74) is 1.19. The summed E-state index contributed by atoms with van der Waals surface area (Å²) in [6, 6.07) is 11.4. The predicted octanol–water partition coefficient (Wildman–Crippen LogP) is 4.25. The highest BCUT2D eigenvalue weighted by atomic mass is 19.1. The van der Waals surface area contributed by atoms with Gasteiger partial charge in [-0.1, -0.05) is 19.9 Å². The van der Waals surface area contributed by atoms with Gasteiger partial charge < -0.3 is 24.6 Å². The Balaban J connectivity index is 2.09. The molecule has 1 aromatic heterocycles. The van der Waals surface area contributed by atoms with Crippen LogP contribution in [-0.2, 0) is 14.3 Å². The van der Waals surface area contributed by atoms with Crippen molar-refractivity contribution in [2.45, 2.75) is 39.2 Å². The van der Waals surface area contributed by atoms with Crippen LogP contribution in [-0.4, -0.2) is 59.6 Å². The number of carboxylic acid groups (broad SMARTS) is 1. The third kappa shape index (κ3) is 7.79.